The number of rotatable bonds is 1. The van der Waals surface area contributed by atoms with Crippen LogP contribution in [0.3, 0.4) is 0 Å². The summed E-state index contributed by atoms with van der Waals surface area (Å²) in [5, 5.41) is 11.2. The zero-order chi connectivity index (χ0) is 10.4. The molecule has 0 spiro atoms. The summed E-state index contributed by atoms with van der Waals surface area (Å²) in [5.74, 6) is -0.720. The van der Waals surface area contributed by atoms with Gasteiger partial charge in [-0.15, -0.1) is 0 Å². The van der Waals surface area contributed by atoms with Gasteiger partial charge >= 0.3 is 5.97 Å². The Hall–Kier alpha value is -0.610. The van der Waals surface area contributed by atoms with E-state index >= 15 is 0 Å². The molecule has 2 saturated heterocycles. The standard InChI is InChI=1S/C5H9NO2.C5H11N/c7-5(8)4-2-1-3-6-4;1-6-4-2-3-5-6/h4,6H,1-3H2,(H,7,8);2-5H2,1H3/t4-;/m0./s1. The van der Waals surface area contributed by atoms with Gasteiger partial charge in [-0.1, -0.05) is 0 Å². The van der Waals surface area contributed by atoms with Crippen molar-refractivity contribution in [3.63, 3.8) is 0 Å². The highest BCUT2D eigenvalue weighted by Gasteiger charge is 2.20. The number of carboxylic acids is 1. The van der Waals surface area contributed by atoms with Gasteiger partial charge in [-0.2, -0.15) is 0 Å². The first-order valence-corrected chi connectivity index (χ1v) is 5.35. The highest BCUT2D eigenvalue weighted by Crippen LogP contribution is 2.03. The second kappa shape index (κ2) is 5.98. The lowest BCUT2D eigenvalue weighted by atomic mass is 10.2. The highest BCUT2D eigenvalue weighted by atomic mass is 16.4. The molecule has 14 heavy (non-hydrogen) atoms. The van der Waals surface area contributed by atoms with E-state index in [2.05, 4.69) is 17.3 Å². The van der Waals surface area contributed by atoms with Gasteiger partial charge in [0.1, 0.15) is 6.04 Å². The number of likely N-dealkylation sites (tertiary alicyclic amines) is 1. The van der Waals surface area contributed by atoms with Crippen LogP contribution in [0, 0.1) is 0 Å². The smallest absolute Gasteiger partial charge is 0.320 e. The molecule has 2 rings (SSSR count). The number of nitrogens with zero attached hydrogens (tertiary/aromatic N) is 1. The van der Waals surface area contributed by atoms with Gasteiger partial charge in [-0.25, -0.2) is 0 Å². The molecule has 82 valence electrons. The Morgan fingerprint density at radius 3 is 2.21 bits per heavy atom. The average molecular weight is 200 g/mol. The molecular formula is C10H20N2O2. The van der Waals surface area contributed by atoms with Crippen molar-refractivity contribution < 1.29 is 9.90 Å². The van der Waals surface area contributed by atoms with Crippen LogP contribution in [0.15, 0.2) is 0 Å². The molecule has 0 saturated carbocycles. The molecule has 0 radical (unpaired) electrons. The number of hydrogen-bond donors (Lipinski definition) is 2. The fraction of sp³-hybridized carbons (Fsp3) is 0.900. The Bertz CT molecular complexity index is 173. The maximum Gasteiger partial charge on any atom is 0.320 e. The summed E-state index contributed by atoms with van der Waals surface area (Å²) < 4.78 is 0. The number of carbonyl (C=O) groups is 1. The Kier molecular flexibility index (Phi) is 4.90. The van der Waals surface area contributed by atoms with Crippen molar-refractivity contribution in [2.75, 3.05) is 26.7 Å². The highest BCUT2D eigenvalue weighted by molar-refractivity contribution is 5.73. The number of hydrogen-bond acceptors (Lipinski definition) is 3. The van der Waals surface area contributed by atoms with E-state index in [9.17, 15) is 4.79 Å². The van der Waals surface area contributed by atoms with Gasteiger partial charge in [0.25, 0.3) is 0 Å². The van der Waals surface area contributed by atoms with Crippen molar-refractivity contribution >= 4 is 5.97 Å². The van der Waals surface area contributed by atoms with Crippen molar-refractivity contribution in [2.45, 2.75) is 31.7 Å². The maximum atomic E-state index is 10.1. The molecule has 0 amide bonds. The van der Waals surface area contributed by atoms with Crippen LogP contribution in [-0.4, -0.2) is 48.7 Å². The fourth-order valence-electron chi connectivity index (χ4n) is 1.77. The Labute approximate surface area is 85.3 Å². The summed E-state index contributed by atoms with van der Waals surface area (Å²) in [7, 11) is 2.17. The van der Waals surface area contributed by atoms with Gasteiger partial charge in [0.15, 0.2) is 0 Å². The number of carboxylic acid groups (broad SMARTS) is 1. The summed E-state index contributed by atoms with van der Waals surface area (Å²) in [4.78, 5) is 12.5. The molecule has 2 N–H and O–H groups in total. The summed E-state index contributed by atoms with van der Waals surface area (Å²) in [6, 6.07) is -0.269. The van der Waals surface area contributed by atoms with E-state index in [4.69, 9.17) is 5.11 Å². The van der Waals surface area contributed by atoms with E-state index in [1.807, 2.05) is 0 Å². The van der Waals surface area contributed by atoms with Crippen LogP contribution in [0.1, 0.15) is 25.7 Å². The molecule has 0 aromatic rings. The quantitative estimate of drug-likeness (QED) is 0.648. The van der Waals surface area contributed by atoms with Gasteiger partial charge in [0.05, 0.1) is 0 Å². The molecule has 2 fully saturated rings. The maximum absolute atomic E-state index is 10.1. The van der Waals surface area contributed by atoms with Crippen molar-refractivity contribution in [1.82, 2.24) is 10.2 Å². The normalized spacial score (nSPS) is 27.1. The molecule has 0 aromatic heterocycles. The molecule has 2 heterocycles. The van der Waals surface area contributed by atoms with Crippen LogP contribution < -0.4 is 5.32 Å². The molecule has 4 heteroatoms. The van der Waals surface area contributed by atoms with Crippen LogP contribution in [0.5, 0.6) is 0 Å². The van der Waals surface area contributed by atoms with Crippen LogP contribution in [0.4, 0.5) is 0 Å². The minimum absolute atomic E-state index is 0.269. The molecule has 0 bridgehead atoms. The van der Waals surface area contributed by atoms with Crippen LogP contribution in [-0.2, 0) is 4.79 Å². The topological polar surface area (TPSA) is 52.6 Å². The molecular weight excluding hydrogens is 180 g/mol. The van der Waals surface area contributed by atoms with Crippen molar-refractivity contribution in [1.29, 1.82) is 0 Å². The van der Waals surface area contributed by atoms with E-state index < -0.39 is 5.97 Å². The Morgan fingerprint density at radius 1 is 1.36 bits per heavy atom. The zero-order valence-corrected chi connectivity index (χ0v) is 8.83. The average Bonchev–Trinajstić information content (AvgIpc) is 2.75. The minimum atomic E-state index is -0.720. The second-order valence-corrected chi connectivity index (χ2v) is 4.00. The summed E-state index contributed by atoms with van der Waals surface area (Å²) in [6.45, 7) is 3.50. The first-order valence-electron chi connectivity index (χ1n) is 5.35. The minimum Gasteiger partial charge on any atom is -0.480 e. The van der Waals surface area contributed by atoms with Gasteiger partial charge in [0.2, 0.25) is 0 Å². The van der Waals surface area contributed by atoms with Crippen molar-refractivity contribution in [3.8, 4) is 0 Å². The number of nitrogens with one attached hydrogen (secondary N) is 1. The Morgan fingerprint density at radius 2 is 2.00 bits per heavy atom. The summed E-state index contributed by atoms with van der Waals surface area (Å²) in [5.41, 5.74) is 0. The van der Waals surface area contributed by atoms with E-state index in [-0.39, 0.29) is 6.04 Å². The van der Waals surface area contributed by atoms with Crippen LogP contribution >= 0.6 is 0 Å². The largest absolute Gasteiger partial charge is 0.480 e. The first-order chi connectivity index (χ1) is 6.70. The molecule has 1 atom stereocenters. The monoisotopic (exact) mass is 200 g/mol. The van der Waals surface area contributed by atoms with Crippen LogP contribution in [0.2, 0.25) is 0 Å². The molecule has 2 aliphatic rings. The first kappa shape index (κ1) is 11.5. The number of aliphatic carboxylic acids is 1. The van der Waals surface area contributed by atoms with E-state index in [0.29, 0.717) is 0 Å². The summed E-state index contributed by atoms with van der Waals surface area (Å²) in [6.07, 6.45) is 4.61. The lowest BCUT2D eigenvalue weighted by Crippen LogP contribution is -2.29. The Balaban J connectivity index is 0.000000146. The molecule has 4 nitrogen and oxygen atoms in total. The SMILES string of the molecule is CN1CCCC1.O=C(O)[C@@H]1CCCN1. The lowest BCUT2D eigenvalue weighted by molar-refractivity contribution is -0.139. The molecule has 0 unspecified atom stereocenters. The van der Waals surface area contributed by atoms with E-state index in [1.54, 1.807) is 0 Å². The molecule has 2 aliphatic heterocycles. The third-order valence-electron chi connectivity index (χ3n) is 2.69. The van der Waals surface area contributed by atoms with Crippen molar-refractivity contribution in [2.24, 2.45) is 0 Å². The van der Waals surface area contributed by atoms with Gasteiger partial charge < -0.3 is 15.3 Å². The third kappa shape index (κ3) is 4.07. The second-order valence-electron chi connectivity index (χ2n) is 4.00. The van der Waals surface area contributed by atoms with Gasteiger partial charge in [-0.05, 0) is 52.4 Å². The summed E-state index contributed by atoms with van der Waals surface area (Å²) >= 11 is 0. The van der Waals surface area contributed by atoms with Gasteiger partial charge in [-0.3, -0.25) is 4.79 Å². The van der Waals surface area contributed by atoms with E-state index in [1.165, 1.54) is 25.9 Å². The van der Waals surface area contributed by atoms with E-state index in [0.717, 1.165) is 19.4 Å². The van der Waals surface area contributed by atoms with Crippen LogP contribution in [0.25, 0.3) is 0 Å². The third-order valence-corrected chi connectivity index (χ3v) is 2.69. The predicted octanol–water partition coefficient (Wildman–Crippen LogP) is 0.535. The van der Waals surface area contributed by atoms with Crippen molar-refractivity contribution in [3.05, 3.63) is 0 Å². The fourth-order valence-corrected chi connectivity index (χ4v) is 1.77. The predicted molar refractivity (Wildman–Crippen MR) is 55.4 cm³/mol. The van der Waals surface area contributed by atoms with Gasteiger partial charge in [0, 0.05) is 0 Å². The molecule has 0 aliphatic carbocycles. The zero-order valence-electron chi connectivity index (χ0n) is 8.83. The molecule has 0 aromatic carbocycles. The lowest BCUT2D eigenvalue weighted by Gasteiger charge is -2.01.